The SMILES string of the molecule is CCCCCCCc1nc(=O)cc(-c2ccncc2)[nH]1. The fourth-order valence-corrected chi connectivity index (χ4v) is 2.21. The van der Waals surface area contributed by atoms with Crippen LogP contribution in [-0.2, 0) is 6.42 Å². The molecule has 0 saturated heterocycles. The van der Waals surface area contributed by atoms with Crippen LogP contribution in [0.3, 0.4) is 0 Å². The first-order valence-electron chi connectivity index (χ1n) is 7.30. The standard InChI is InChI=1S/C16H21N3O/c1-2-3-4-5-6-7-15-18-14(12-16(20)19-15)13-8-10-17-11-9-13/h8-12H,2-7H2,1H3,(H,18,19,20). The Morgan fingerprint density at radius 2 is 1.85 bits per heavy atom. The van der Waals surface area contributed by atoms with E-state index in [4.69, 9.17) is 0 Å². The number of hydrogen-bond acceptors (Lipinski definition) is 3. The molecule has 0 radical (unpaired) electrons. The van der Waals surface area contributed by atoms with E-state index in [9.17, 15) is 4.79 Å². The maximum atomic E-state index is 11.7. The van der Waals surface area contributed by atoms with Gasteiger partial charge < -0.3 is 4.98 Å². The first kappa shape index (κ1) is 14.4. The number of pyridine rings is 1. The van der Waals surface area contributed by atoms with E-state index in [1.54, 1.807) is 12.4 Å². The summed E-state index contributed by atoms with van der Waals surface area (Å²) in [6.07, 6.45) is 10.3. The lowest BCUT2D eigenvalue weighted by molar-refractivity contribution is 0.622. The monoisotopic (exact) mass is 271 g/mol. The molecular formula is C16H21N3O. The van der Waals surface area contributed by atoms with Crippen LogP contribution in [-0.4, -0.2) is 15.0 Å². The van der Waals surface area contributed by atoms with Crippen molar-refractivity contribution in [3.8, 4) is 11.3 Å². The molecule has 2 rings (SSSR count). The van der Waals surface area contributed by atoms with E-state index in [2.05, 4.69) is 21.9 Å². The van der Waals surface area contributed by atoms with Crippen molar-refractivity contribution in [1.29, 1.82) is 0 Å². The Labute approximate surface area is 119 Å². The number of hydrogen-bond donors (Lipinski definition) is 1. The predicted molar refractivity (Wildman–Crippen MR) is 80.6 cm³/mol. The molecule has 4 nitrogen and oxygen atoms in total. The van der Waals surface area contributed by atoms with E-state index in [0.29, 0.717) is 0 Å². The third-order valence-electron chi connectivity index (χ3n) is 3.30. The van der Waals surface area contributed by atoms with Crippen molar-refractivity contribution in [2.75, 3.05) is 0 Å². The van der Waals surface area contributed by atoms with Gasteiger partial charge in [-0.15, -0.1) is 0 Å². The zero-order chi connectivity index (χ0) is 14.2. The fraction of sp³-hybridized carbons (Fsp3) is 0.438. The van der Waals surface area contributed by atoms with Crippen molar-refractivity contribution >= 4 is 0 Å². The van der Waals surface area contributed by atoms with Gasteiger partial charge in [0.05, 0.1) is 5.69 Å². The Morgan fingerprint density at radius 3 is 2.60 bits per heavy atom. The van der Waals surface area contributed by atoms with Crippen LogP contribution in [0.4, 0.5) is 0 Å². The lowest BCUT2D eigenvalue weighted by Gasteiger charge is -2.05. The van der Waals surface area contributed by atoms with Crippen molar-refractivity contribution in [2.24, 2.45) is 0 Å². The summed E-state index contributed by atoms with van der Waals surface area (Å²) in [6.45, 7) is 2.21. The molecule has 1 N–H and O–H groups in total. The second-order valence-corrected chi connectivity index (χ2v) is 4.98. The highest BCUT2D eigenvalue weighted by atomic mass is 16.1. The predicted octanol–water partition coefficient (Wildman–Crippen LogP) is 3.34. The van der Waals surface area contributed by atoms with E-state index >= 15 is 0 Å². The molecular weight excluding hydrogens is 250 g/mol. The second kappa shape index (κ2) is 7.58. The van der Waals surface area contributed by atoms with E-state index in [1.807, 2.05) is 12.1 Å². The first-order valence-corrected chi connectivity index (χ1v) is 7.30. The summed E-state index contributed by atoms with van der Waals surface area (Å²) in [5, 5.41) is 0. The maximum Gasteiger partial charge on any atom is 0.273 e. The average Bonchev–Trinajstić information content (AvgIpc) is 2.47. The third kappa shape index (κ3) is 4.30. The zero-order valence-electron chi connectivity index (χ0n) is 11.9. The van der Waals surface area contributed by atoms with Crippen molar-refractivity contribution in [3.05, 3.63) is 46.8 Å². The van der Waals surface area contributed by atoms with Crippen LogP contribution in [0.5, 0.6) is 0 Å². The highest BCUT2D eigenvalue weighted by molar-refractivity contribution is 5.57. The summed E-state index contributed by atoms with van der Waals surface area (Å²) >= 11 is 0. The molecule has 0 saturated carbocycles. The minimum Gasteiger partial charge on any atom is -0.343 e. The Balaban J connectivity index is 2.04. The van der Waals surface area contributed by atoms with Crippen LogP contribution in [0.1, 0.15) is 44.9 Å². The van der Waals surface area contributed by atoms with Crippen LogP contribution >= 0.6 is 0 Å². The van der Waals surface area contributed by atoms with Gasteiger partial charge in [-0.2, -0.15) is 4.98 Å². The summed E-state index contributed by atoms with van der Waals surface area (Å²) < 4.78 is 0. The molecule has 2 heterocycles. The van der Waals surface area contributed by atoms with Crippen LogP contribution in [0, 0.1) is 0 Å². The van der Waals surface area contributed by atoms with Crippen LogP contribution in [0.2, 0.25) is 0 Å². The molecule has 4 heteroatoms. The number of rotatable bonds is 7. The van der Waals surface area contributed by atoms with Gasteiger partial charge >= 0.3 is 0 Å². The zero-order valence-corrected chi connectivity index (χ0v) is 11.9. The number of nitrogens with one attached hydrogen (secondary N) is 1. The molecule has 106 valence electrons. The Hall–Kier alpha value is -1.97. The molecule has 2 aromatic heterocycles. The molecule has 0 bridgehead atoms. The topological polar surface area (TPSA) is 58.6 Å². The molecule has 0 atom stereocenters. The van der Waals surface area contributed by atoms with Gasteiger partial charge in [-0.25, -0.2) is 0 Å². The minimum atomic E-state index is -0.181. The van der Waals surface area contributed by atoms with Gasteiger partial charge in [-0.05, 0) is 18.6 Å². The van der Waals surface area contributed by atoms with E-state index in [1.165, 1.54) is 31.7 Å². The number of aryl methyl sites for hydroxylation is 1. The summed E-state index contributed by atoms with van der Waals surface area (Å²) in [4.78, 5) is 23.0. The number of aromatic amines is 1. The lowest BCUT2D eigenvalue weighted by Crippen LogP contribution is -2.11. The molecule has 0 spiro atoms. The van der Waals surface area contributed by atoms with Crippen LogP contribution in [0.25, 0.3) is 11.3 Å². The van der Waals surface area contributed by atoms with Crippen molar-refractivity contribution in [3.63, 3.8) is 0 Å². The lowest BCUT2D eigenvalue weighted by atomic mass is 10.1. The molecule has 2 aromatic rings. The van der Waals surface area contributed by atoms with Gasteiger partial charge in [0.25, 0.3) is 5.56 Å². The normalized spacial score (nSPS) is 10.7. The van der Waals surface area contributed by atoms with Crippen molar-refractivity contribution in [2.45, 2.75) is 45.4 Å². The molecule has 0 aliphatic heterocycles. The van der Waals surface area contributed by atoms with Gasteiger partial charge in [-0.1, -0.05) is 32.6 Å². The molecule has 0 aliphatic rings. The number of H-pyrrole nitrogens is 1. The van der Waals surface area contributed by atoms with Gasteiger partial charge in [0.1, 0.15) is 5.82 Å². The summed E-state index contributed by atoms with van der Waals surface area (Å²) in [6, 6.07) is 5.31. The second-order valence-electron chi connectivity index (χ2n) is 4.98. The van der Waals surface area contributed by atoms with E-state index in [0.717, 1.165) is 29.9 Å². The number of nitrogens with zero attached hydrogens (tertiary/aromatic N) is 2. The van der Waals surface area contributed by atoms with Gasteiger partial charge in [-0.3, -0.25) is 9.78 Å². The number of unbranched alkanes of at least 4 members (excludes halogenated alkanes) is 4. The van der Waals surface area contributed by atoms with Crippen molar-refractivity contribution < 1.29 is 0 Å². The highest BCUT2D eigenvalue weighted by Gasteiger charge is 2.03. The Kier molecular flexibility index (Phi) is 5.47. The summed E-state index contributed by atoms with van der Waals surface area (Å²) in [5.74, 6) is 0.779. The third-order valence-corrected chi connectivity index (χ3v) is 3.30. The van der Waals surface area contributed by atoms with Crippen LogP contribution in [0.15, 0.2) is 35.4 Å². The smallest absolute Gasteiger partial charge is 0.273 e. The van der Waals surface area contributed by atoms with Gasteiger partial charge in [0.2, 0.25) is 0 Å². The van der Waals surface area contributed by atoms with Crippen molar-refractivity contribution in [1.82, 2.24) is 15.0 Å². The molecule has 0 amide bonds. The Bertz CT molecular complexity index is 578. The largest absolute Gasteiger partial charge is 0.343 e. The van der Waals surface area contributed by atoms with Crippen LogP contribution < -0.4 is 5.56 Å². The summed E-state index contributed by atoms with van der Waals surface area (Å²) in [7, 11) is 0. The minimum absolute atomic E-state index is 0.181. The summed E-state index contributed by atoms with van der Waals surface area (Å²) in [5.41, 5.74) is 1.60. The first-order chi connectivity index (χ1) is 9.79. The Morgan fingerprint density at radius 1 is 1.10 bits per heavy atom. The maximum absolute atomic E-state index is 11.7. The molecule has 0 fully saturated rings. The molecule has 0 aliphatic carbocycles. The quantitative estimate of drug-likeness (QED) is 0.786. The number of aromatic nitrogens is 3. The van der Waals surface area contributed by atoms with Gasteiger partial charge in [0.15, 0.2) is 0 Å². The highest BCUT2D eigenvalue weighted by Crippen LogP contribution is 2.14. The molecule has 20 heavy (non-hydrogen) atoms. The molecule has 0 unspecified atom stereocenters. The van der Waals surface area contributed by atoms with E-state index in [-0.39, 0.29) is 5.56 Å². The van der Waals surface area contributed by atoms with Gasteiger partial charge in [0, 0.05) is 30.4 Å². The van der Waals surface area contributed by atoms with E-state index < -0.39 is 0 Å². The fourth-order valence-electron chi connectivity index (χ4n) is 2.21. The molecule has 0 aromatic carbocycles. The average molecular weight is 271 g/mol.